The second-order valence-electron chi connectivity index (χ2n) is 4.95. The molecule has 0 saturated heterocycles. The van der Waals surface area contributed by atoms with E-state index in [-0.39, 0.29) is 18.0 Å². The van der Waals surface area contributed by atoms with Crippen molar-refractivity contribution in [1.29, 1.82) is 0 Å². The molecule has 0 fully saturated rings. The minimum Gasteiger partial charge on any atom is -0.335 e. The third kappa shape index (κ3) is 3.12. The number of likely N-dealkylation sites (N-methyl/N-ethyl adjacent to an activating group) is 1. The standard InChI is InChI=1S/C15H17N3O2/c1-10(2)8-14(19)18(3)9-13-16-12-7-5-4-6-11(12)15(20)17-13/h4-8H,9H2,1-3H3,(H,16,17,20). The van der Waals surface area contributed by atoms with Crippen molar-refractivity contribution in [2.45, 2.75) is 20.4 Å². The van der Waals surface area contributed by atoms with Crippen molar-refractivity contribution in [3.63, 3.8) is 0 Å². The van der Waals surface area contributed by atoms with E-state index in [9.17, 15) is 9.59 Å². The first-order chi connectivity index (χ1) is 9.47. The van der Waals surface area contributed by atoms with Gasteiger partial charge in [0.15, 0.2) is 0 Å². The van der Waals surface area contributed by atoms with Crippen LogP contribution in [-0.2, 0) is 11.3 Å². The van der Waals surface area contributed by atoms with Crippen LogP contribution in [0.3, 0.4) is 0 Å². The number of benzene rings is 1. The molecule has 1 aromatic heterocycles. The van der Waals surface area contributed by atoms with Crippen LogP contribution in [0.1, 0.15) is 19.7 Å². The van der Waals surface area contributed by atoms with Crippen LogP contribution >= 0.6 is 0 Å². The number of carbonyl (C=O) groups excluding carboxylic acids is 1. The molecule has 0 aliphatic carbocycles. The lowest BCUT2D eigenvalue weighted by atomic mass is 10.2. The van der Waals surface area contributed by atoms with Crippen LogP contribution in [0.25, 0.3) is 10.9 Å². The number of aromatic amines is 1. The molecule has 1 aromatic carbocycles. The predicted octanol–water partition coefficient (Wildman–Crippen LogP) is 1.85. The fourth-order valence-electron chi connectivity index (χ4n) is 1.87. The fourth-order valence-corrected chi connectivity index (χ4v) is 1.87. The van der Waals surface area contributed by atoms with E-state index in [4.69, 9.17) is 0 Å². The maximum Gasteiger partial charge on any atom is 0.258 e. The summed E-state index contributed by atoms with van der Waals surface area (Å²) in [4.78, 5) is 32.3. The second kappa shape index (κ2) is 5.69. The van der Waals surface area contributed by atoms with E-state index >= 15 is 0 Å². The molecule has 1 amide bonds. The third-order valence-corrected chi connectivity index (χ3v) is 2.84. The molecule has 1 N–H and O–H groups in total. The second-order valence-corrected chi connectivity index (χ2v) is 4.95. The molecule has 0 spiro atoms. The molecule has 0 aliphatic rings. The Kier molecular flexibility index (Phi) is 3.98. The molecule has 2 rings (SSSR count). The number of hydrogen-bond acceptors (Lipinski definition) is 3. The zero-order valence-corrected chi connectivity index (χ0v) is 11.8. The number of nitrogens with one attached hydrogen (secondary N) is 1. The zero-order chi connectivity index (χ0) is 14.7. The normalized spacial score (nSPS) is 10.3. The number of amides is 1. The summed E-state index contributed by atoms with van der Waals surface area (Å²) in [5.41, 5.74) is 1.38. The van der Waals surface area contributed by atoms with E-state index in [2.05, 4.69) is 9.97 Å². The number of allylic oxidation sites excluding steroid dienone is 1. The highest BCUT2D eigenvalue weighted by Gasteiger charge is 2.09. The molecule has 0 atom stereocenters. The van der Waals surface area contributed by atoms with Crippen LogP contribution in [-0.4, -0.2) is 27.8 Å². The molecule has 1 heterocycles. The molecular weight excluding hydrogens is 254 g/mol. The Morgan fingerprint density at radius 2 is 2.05 bits per heavy atom. The topological polar surface area (TPSA) is 66.1 Å². The summed E-state index contributed by atoms with van der Waals surface area (Å²) in [7, 11) is 1.68. The van der Waals surface area contributed by atoms with Gasteiger partial charge in [-0.2, -0.15) is 0 Å². The minimum atomic E-state index is -0.186. The summed E-state index contributed by atoms with van der Waals surface area (Å²) < 4.78 is 0. The number of aromatic nitrogens is 2. The molecule has 0 radical (unpaired) electrons. The van der Waals surface area contributed by atoms with Gasteiger partial charge in [-0.15, -0.1) is 0 Å². The van der Waals surface area contributed by atoms with Crippen molar-refractivity contribution < 1.29 is 4.79 Å². The first-order valence-electron chi connectivity index (χ1n) is 6.35. The smallest absolute Gasteiger partial charge is 0.258 e. The van der Waals surface area contributed by atoms with Crippen LogP contribution in [0.2, 0.25) is 0 Å². The SMILES string of the molecule is CC(C)=CC(=O)N(C)Cc1nc2ccccc2c(=O)[nH]1. The number of carbonyl (C=O) groups is 1. The monoisotopic (exact) mass is 271 g/mol. The number of hydrogen-bond donors (Lipinski definition) is 1. The third-order valence-electron chi connectivity index (χ3n) is 2.84. The van der Waals surface area contributed by atoms with Gasteiger partial charge in [-0.1, -0.05) is 17.7 Å². The molecule has 104 valence electrons. The number of nitrogens with zero attached hydrogens (tertiary/aromatic N) is 2. The summed E-state index contributed by atoms with van der Waals surface area (Å²) in [5, 5.41) is 0.550. The Hall–Kier alpha value is -2.43. The highest BCUT2D eigenvalue weighted by Crippen LogP contribution is 2.07. The molecule has 5 nitrogen and oxygen atoms in total. The van der Waals surface area contributed by atoms with Gasteiger partial charge in [-0.25, -0.2) is 4.98 Å². The zero-order valence-electron chi connectivity index (χ0n) is 11.8. The lowest BCUT2D eigenvalue weighted by Gasteiger charge is -2.14. The van der Waals surface area contributed by atoms with Crippen LogP contribution in [0, 0.1) is 0 Å². The van der Waals surface area contributed by atoms with Crippen LogP contribution in [0.15, 0.2) is 40.7 Å². The summed E-state index contributed by atoms with van der Waals surface area (Å²) in [6, 6.07) is 7.13. The van der Waals surface area contributed by atoms with Crippen molar-refractivity contribution >= 4 is 16.8 Å². The van der Waals surface area contributed by atoms with Crippen molar-refractivity contribution in [2.24, 2.45) is 0 Å². The van der Waals surface area contributed by atoms with Gasteiger partial charge in [-0.05, 0) is 26.0 Å². The van der Waals surface area contributed by atoms with Gasteiger partial charge in [0.2, 0.25) is 5.91 Å². The maximum atomic E-state index is 11.9. The molecule has 0 saturated carbocycles. The number of fused-ring (bicyclic) bond motifs is 1. The van der Waals surface area contributed by atoms with Gasteiger partial charge in [0.1, 0.15) is 5.82 Å². The number of H-pyrrole nitrogens is 1. The lowest BCUT2D eigenvalue weighted by Crippen LogP contribution is -2.27. The quantitative estimate of drug-likeness (QED) is 0.866. The highest BCUT2D eigenvalue weighted by atomic mass is 16.2. The largest absolute Gasteiger partial charge is 0.335 e. The average molecular weight is 271 g/mol. The van der Waals surface area contributed by atoms with E-state index in [0.29, 0.717) is 16.7 Å². The minimum absolute atomic E-state index is 0.110. The fraction of sp³-hybridized carbons (Fsp3) is 0.267. The van der Waals surface area contributed by atoms with E-state index in [1.165, 1.54) is 4.90 Å². The van der Waals surface area contributed by atoms with Gasteiger partial charge in [0, 0.05) is 13.1 Å². The number of para-hydroxylation sites is 1. The van der Waals surface area contributed by atoms with E-state index in [1.807, 2.05) is 19.9 Å². The van der Waals surface area contributed by atoms with Gasteiger partial charge in [0.05, 0.1) is 17.4 Å². The lowest BCUT2D eigenvalue weighted by molar-refractivity contribution is -0.125. The van der Waals surface area contributed by atoms with Gasteiger partial charge >= 0.3 is 0 Å². The summed E-state index contributed by atoms with van der Waals surface area (Å²) >= 11 is 0. The summed E-state index contributed by atoms with van der Waals surface area (Å²) in [5.74, 6) is 0.368. The molecule has 2 aromatic rings. The van der Waals surface area contributed by atoms with E-state index < -0.39 is 0 Å². The Labute approximate surface area is 117 Å². The molecule has 5 heteroatoms. The van der Waals surface area contributed by atoms with Gasteiger partial charge in [0.25, 0.3) is 5.56 Å². The first-order valence-corrected chi connectivity index (χ1v) is 6.35. The Balaban J connectivity index is 2.28. The molecule has 0 bridgehead atoms. The number of rotatable bonds is 3. The van der Waals surface area contributed by atoms with Crippen molar-refractivity contribution in [2.75, 3.05) is 7.05 Å². The molecular formula is C15H17N3O2. The van der Waals surface area contributed by atoms with Crippen LogP contribution in [0.4, 0.5) is 0 Å². The Morgan fingerprint density at radius 1 is 1.35 bits per heavy atom. The van der Waals surface area contributed by atoms with E-state index in [1.54, 1.807) is 31.3 Å². The predicted molar refractivity (Wildman–Crippen MR) is 78.3 cm³/mol. The molecule has 0 unspecified atom stereocenters. The van der Waals surface area contributed by atoms with Crippen molar-refractivity contribution in [3.05, 3.63) is 52.1 Å². The average Bonchev–Trinajstić information content (AvgIpc) is 2.38. The van der Waals surface area contributed by atoms with Gasteiger partial charge < -0.3 is 9.88 Å². The van der Waals surface area contributed by atoms with Gasteiger partial charge in [-0.3, -0.25) is 9.59 Å². The first kappa shape index (κ1) is 14.0. The Bertz CT molecular complexity index is 727. The van der Waals surface area contributed by atoms with Crippen LogP contribution in [0.5, 0.6) is 0 Å². The van der Waals surface area contributed by atoms with Crippen molar-refractivity contribution in [3.8, 4) is 0 Å². The highest BCUT2D eigenvalue weighted by molar-refractivity contribution is 5.87. The van der Waals surface area contributed by atoms with Crippen LogP contribution < -0.4 is 5.56 Å². The summed E-state index contributed by atoms with van der Waals surface area (Å²) in [6.07, 6.45) is 1.55. The Morgan fingerprint density at radius 3 is 2.75 bits per heavy atom. The maximum absolute atomic E-state index is 11.9. The summed E-state index contributed by atoms with van der Waals surface area (Å²) in [6.45, 7) is 3.99. The van der Waals surface area contributed by atoms with Crippen molar-refractivity contribution in [1.82, 2.24) is 14.9 Å². The molecule has 20 heavy (non-hydrogen) atoms. The molecule has 0 aliphatic heterocycles. The van der Waals surface area contributed by atoms with E-state index in [0.717, 1.165) is 5.57 Å².